The Morgan fingerprint density at radius 1 is 1.43 bits per heavy atom. The monoisotopic (exact) mass is 303 g/mol. The SMILES string of the molecule is O=C1CSc2ccc(C(=O)NCCc3ncn[nH]3)cc2N1. The number of hydrogen-bond acceptors (Lipinski definition) is 5. The number of hydrogen-bond donors (Lipinski definition) is 3. The van der Waals surface area contributed by atoms with E-state index < -0.39 is 0 Å². The molecule has 0 saturated heterocycles. The number of carbonyl (C=O) groups excluding carboxylic acids is 2. The number of aromatic nitrogens is 3. The van der Waals surface area contributed by atoms with Gasteiger partial charge in [0.1, 0.15) is 12.2 Å². The van der Waals surface area contributed by atoms with E-state index in [0.29, 0.717) is 30.0 Å². The van der Waals surface area contributed by atoms with Gasteiger partial charge in [-0.25, -0.2) is 4.98 Å². The molecule has 0 unspecified atom stereocenters. The van der Waals surface area contributed by atoms with Crippen molar-refractivity contribution < 1.29 is 9.59 Å². The Kier molecular flexibility index (Phi) is 3.87. The molecule has 2 aromatic rings. The molecule has 0 spiro atoms. The molecular weight excluding hydrogens is 290 g/mol. The molecule has 2 amide bonds. The van der Waals surface area contributed by atoms with Crippen LogP contribution in [0.15, 0.2) is 29.4 Å². The number of benzene rings is 1. The van der Waals surface area contributed by atoms with E-state index in [2.05, 4.69) is 25.8 Å². The molecule has 3 rings (SSSR count). The van der Waals surface area contributed by atoms with Crippen molar-refractivity contribution in [3.8, 4) is 0 Å². The number of amides is 2. The van der Waals surface area contributed by atoms with Crippen LogP contribution in [-0.4, -0.2) is 39.3 Å². The first-order valence-electron chi connectivity index (χ1n) is 6.41. The number of rotatable bonds is 4. The molecule has 0 bridgehead atoms. The average Bonchev–Trinajstić information content (AvgIpc) is 2.99. The van der Waals surface area contributed by atoms with Crippen LogP contribution in [0.5, 0.6) is 0 Å². The predicted molar refractivity (Wildman–Crippen MR) is 78.2 cm³/mol. The molecular formula is C13H13N5O2S. The molecule has 1 aliphatic rings. The molecule has 3 N–H and O–H groups in total. The number of carbonyl (C=O) groups is 2. The van der Waals surface area contributed by atoms with E-state index in [1.165, 1.54) is 18.1 Å². The van der Waals surface area contributed by atoms with Gasteiger partial charge in [0.2, 0.25) is 5.91 Å². The molecule has 0 radical (unpaired) electrons. The van der Waals surface area contributed by atoms with Gasteiger partial charge >= 0.3 is 0 Å². The van der Waals surface area contributed by atoms with Gasteiger partial charge in [0.05, 0.1) is 11.4 Å². The van der Waals surface area contributed by atoms with Crippen molar-refractivity contribution in [2.75, 3.05) is 17.6 Å². The first-order valence-corrected chi connectivity index (χ1v) is 7.40. The lowest BCUT2D eigenvalue weighted by molar-refractivity contribution is -0.113. The van der Waals surface area contributed by atoms with Crippen molar-refractivity contribution in [2.45, 2.75) is 11.3 Å². The summed E-state index contributed by atoms with van der Waals surface area (Å²) in [4.78, 5) is 28.4. The minimum atomic E-state index is -0.179. The highest BCUT2D eigenvalue weighted by atomic mass is 32.2. The van der Waals surface area contributed by atoms with Crippen LogP contribution in [0.2, 0.25) is 0 Å². The van der Waals surface area contributed by atoms with Gasteiger partial charge in [0.15, 0.2) is 0 Å². The van der Waals surface area contributed by atoms with Gasteiger partial charge in [-0.1, -0.05) is 0 Å². The summed E-state index contributed by atoms with van der Waals surface area (Å²) in [5, 5.41) is 12.1. The maximum absolute atomic E-state index is 12.1. The lowest BCUT2D eigenvalue weighted by Crippen LogP contribution is -2.26. The zero-order chi connectivity index (χ0) is 14.7. The van der Waals surface area contributed by atoms with Crippen LogP contribution in [0.25, 0.3) is 0 Å². The molecule has 1 aromatic carbocycles. The predicted octanol–water partition coefficient (Wildman–Crippen LogP) is 0.821. The Bertz CT molecular complexity index is 671. The quantitative estimate of drug-likeness (QED) is 0.776. The van der Waals surface area contributed by atoms with Gasteiger partial charge in [-0.05, 0) is 18.2 Å². The van der Waals surface area contributed by atoms with Crippen LogP contribution in [0.4, 0.5) is 5.69 Å². The molecule has 7 nitrogen and oxygen atoms in total. The number of fused-ring (bicyclic) bond motifs is 1. The molecule has 0 fully saturated rings. The third-order valence-electron chi connectivity index (χ3n) is 2.99. The summed E-state index contributed by atoms with van der Waals surface area (Å²) in [6.45, 7) is 0.465. The maximum Gasteiger partial charge on any atom is 0.251 e. The van der Waals surface area contributed by atoms with Crippen LogP contribution < -0.4 is 10.6 Å². The molecule has 0 saturated carbocycles. The number of nitrogens with zero attached hydrogens (tertiary/aromatic N) is 2. The van der Waals surface area contributed by atoms with E-state index in [1.54, 1.807) is 12.1 Å². The summed E-state index contributed by atoms with van der Waals surface area (Å²) in [5.74, 6) is 0.914. The smallest absolute Gasteiger partial charge is 0.251 e. The number of thioether (sulfide) groups is 1. The van der Waals surface area contributed by atoms with Gasteiger partial charge in [0.25, 0.3) is 5.91 Å². The van der Waals surface area contributed by atoms with Crippen LogP contribution in [-0.2, 0) is 11.2 Å². The van der Waals surface area contributed by atoms with Gasteiger partial charge in [0, 0.05) is 23.4 Å². The van der Waals surface area contributed by atoms with Crippen molar-refractivity contribution in [1.29, 1.82) is 0 Å². The zero-order valence-electron chi connectivity index (χ0n) is 11.0. The van der Waals surface area contributed by atoms with Crippen LogP contribution in [0, 0.1) is 0 Å². The van der Waals surface area contributed by atoms with Crippen molar-refractivity contribution in [2.24, 2.45) is 0 Å². The Morgan fingerprint density at radius 2 is 2.33 bits per heavy atom. The number of H-pyrrole nitrogens is 1. The molecule has 21 heavy (non-hydrogen) atoms. The molecule has 1 aromatic heterocycles. The van der Waals surface area contributed by atoms with Crippen LogP contribution in [0.3, 0.4) is 0 Å². The van der Waals surface area contributed by atoms with E-state index in [0.717, 1.165) is 10.7 Å². The third kappa shape index (κ3) is 3.22. The Morgan fingerprint density at radius 3 is 3.14 bits per heavy atom. The van der Waals surface area contributed by atoms with E-state index in [4.69, 9.17) is 0 Å². The summed E-state index contributed by atoms with van der Waals surface area (Å²) < 4.78 is 0. The molecule has 108 valence electrons. The highest BCUT2D eigenvalue weighted by Crippen LogP contribution is 2.31. The second-order valence-electron chi connectivity index (χ2n) is 4.49. The van der Waals surface area contributed by atoms with Gasteiger partial charge in [-0.2, -0.15) is 5.10 Å². The summed E-state index contributed by atoms with van der Waals surface area (Å²) >= 11 is 1.47. The minimum Gasteiger partial charge on any atom is -0.352 e. The Hall–Kier alpha value is -2.35. The molecule has 8 heteroatoms. The van der Waals surface area contributed by atoms with Crippen molar-refractivity contribution in [3.63, 3.8) is 0 Å². The van der Waals surface area contributed by atoms with Gasteiger partial charge in [-0.15, -0.1) is 11.8 Å². The standard InChI is InChI=1S/C13H13N5O2S/c19-12-6-21-10-2-1-8(5-9(10)17-12)13(20)14-4-3-11-15-7-16-18-11/h1-2,5,7H,3-4,6H2,(H,14,20)(H,17,19)(H,15,16,18). The topological polar surface area (TPSA) is 99.8 Å². The molecule has 0 aliphatic carbocycles. The van der Waals surface area contributed by atoms with Crippen LogP contribution in [0.1, 0.15) is 16.2 Å². The first kappa shape index (κ1) is 13.6. The lowest BCUT2D eigenvalue weighted by Gasteiger charge is -2.16. The zero-order valence-corrected chi connectivity index (χ0v) is 11.9. The van der Waals surface area contributed by atoms with Gasteiger partial charge < -0.3 is 10.6 Å². The van der Waals surface area contributed by atoms with Crippen molar-refractivity contribution in [3.05, 3.63) is 35.9 Å². The number of anilines is 1. The summed E-state index contributed by atoms with van der Waals surface area (Å²) in [5.41, 5.74) is 1.22. The molecule has 1 aliphatic heterocycles. The van der Waals surface area contributed by atoms with Crippen molar-refractivity contribution in [1.82, 2.24) is 20.5 Å². The van der Waals surface area contributed by atoms with Crippen molar-refractivity contribution >= 4 is 29.3 Å². The summed E-state index contributed by atoms with van der Waals surface area (Å²) in [7, 11) is 0. The second kappa shape index (κ2) is 5.96. The summed E-state index contributed by atoms with van der Waals surface area (Å²) in [6.07, 6.45) is 2.02. The fourth-order valence-electron chi connectivity index (χ4n) is 1.97. The second-order valence-corrected chi connectivity index (χ2v) is 5.50. The van der Waals surface area contributed by atoms with E-state index in [9.17, 15) is 9.59 Å². The molecule has 0 atom stereocenters. The fraction of sp³-hybridized carbons (Fsp3) is 0.231. The van der Waals surface area contributed by atoms with E-state index in [1.807, 2.05) is 6.07 Å². The largest absolute Gasteiger partial charge is 0.352 e. The Balaban J connectivity index is 1.62. The highest BCUT2D eigenvalue weighted by Gasteiger charge is 2.17. The maximum atomic E-state index is 12.1. The fourth-order valence-corrected chi connectivity index (χ4v) is 2.76. The normalized spacial score (nSPS) is 13.4. The number of nitrogens with one attached hydrogen (secondary N) is 3. The van der Waals surface area contributed by atoms with E-state index >= 15 is 0 Å². The Labute approximate surface area is 124 Å². The average molecular weight is 303 g/mol. The highest BCUT2D eigenvalue weighted by molar-refractivity contribution is 8.00. The third-order valence-corrected chi connectivity index (χ3v) is 4.06. The lowest BCUT2D eigenvalue weighted by atomic mass is 10.2. The van der Waals surface area contributed by atoms with Crippen LogP contribution >= 0.6 is 11.8 Å². The molecule has 2 heterocycles. The minimum absolute atomic E-state index is 0.0459. The van der Waals surface area contributed by atoms with E-state index in [-0.39, 0.29) is 11.8 Å². The number of aromatic amines is 1. The van der Waals surface area contributed by atoms with Gasteiger partial charge in [-0.3, -0.25) is 14.7 Å². The first-order chi connectivity index (χ1) is 10.2. The summed E-state index contributed by atoms with van der Waals surface area (Å²) in [6, 6.07) is 5.31.